The van der Waals surface area contributed by atoms with Crippen LogP contribution in [-0.2, 0) is 11.3 Å². The fourth-order valence-corrected chi connectivity index (χ4v) is 2.28. The van der Waals surface area contributed by atoms with Gasteiger partial charge in [0.2, 0.25) is 0 Å². The number of esters is 1. The van der Waals surface area contributed by atoms with E-state index in [1.165, 1.54) is 4.90 Å². The first-order valence-corrected chi connectivity index (χ1v) is 6.75. The standard InChI is InChI=1S/C16H15FN2O4/c1-18(10-11-6-4-3-5-7-11)14-9-12(17)8-13(16(20)23-2)15(14)19(21)22/h3-9H,10H2,1-2H3. The second-order valence-electron chi connectivity index (χ2n) is 4.91. The van der Waals surface area contributed by atoms with E-state index in [2.05, 4.69) is 4.74 Å². The number of hydrogen-bond acceptors (Lipinski definition) is 5. The summed E-state index contributed by atoms with van der Waals surface area (Å²) in [6.07, 6.45) is 0. The molecule has 7 heteroatoms. The van der Waals surface area contributed by atoms with Crippen LogP contribution in [0.5, 0.6) is 0 Å². The number of carbonyl (C=O) groups is 1. The zero-order valence-electron chi connectivity index (χ0n) is 12.7. The van der Waals surface area contributed by atoms with Crippen molar-refractivity contribution in [3.63, 3.8) is 0 Å². The van der Waals surface area contributed by atoms with Gasteiger partial charge in [0.15, 0.2) is 0 Å². The van der Waals surface area contributed by atoms with Crippen LogP contribution in [0.2, 0.25) is 0 Å². The van der Waals surface area contributed by atoms with Gasteiger partial charge in [-0.05, 0) is 11.6 Å². The number of methoxy groups -OCH3 is 1. The Morgan fingerprint density at radius 2 is 1.96 bits per heavy atom. The lowest BCUT2D eigenvalue weighted by atomic mass is 10.1. The Labute approximate surface area is 132 Å². The number of halogens is 1. The number of rotatable bonds is 5. The van der Waals surface area contributed by atoms with Crippen molar-refractivity contribution in [3.05, 3.63) is 69.5 Å². The predicted octanol–water partition coefficient (Wildman–Crippen LogP) is 3.16. The summed E-state index contributed by atoms with van der Waals surface area (Å²) >= 11 is 0. The topological polar surface area (TPSA) is 72.7 Å². The van der Waals surface area contributed by atoms with Gasteiger partial charge < -0.3 is 9.64 Å². The molecule has 0 spiro atoms. The molecule has 0 fully saturated rings. The van der Waals surface area contributed by atoms with Gasteiger partial charge in [-0.25, -0.2) is 9.18 Å². The zero-order chi connectivity index (χ0) is 17.0. The number of carbonyl (C=O) groups excluding carboxylic acids is 1. The van der Waals surface area contributed by atoms with Crippen molar-refractivity contribution in [2.24, 2.45) is 0 Å². The number of benzene rings is 2. The van der Waals surface area contributed by atoms with Crippen LogP contribution in [0.15, 0.2) is 42.5 Å². The van der Waals surface area contributed by atoms with E-state index in [9.17, 15) is 19.3 Å². The molecular weight excluding hydrogens is 303 g/mol. The first-order chi connectivity index (χ1) is 10.9. The lowest BCUT2D eigenvalue weighted by molar-refractivity contribution is -0.384. The maximum Gasteiger partial charge on any atom is 0.345 e. The molecule has 0 radical (unpaired) electrons. The SMILES string of the molecule is COC(=O)c1cc(F)cc(N(C)Cc2ccccc2)c1[N+](=O)[O-]. The summed E-state index contributed by atoms with van der Waals surface area (Å²) in [5, 5.41) is 11.4. The monoisotopic (exact) mass is 318 g/mol. The van der Waals surface area contributed by atoms with Crippen molar-refractivity contribution < 1.29 is 18.8 Å². The van der Waals surface area contributed by atoms with E-state index in [4.69, 9.17) is 0 Å². The van der Waals surface area contributed by atoms with Crippen LogP contribution in [0.25, 0.3) is 0 Å². The molecule has 0 aromatic heterocycles. The number of nitro benzene ring substituents is 1. The Balaban J connectivity index is 2.50. The van der Waals surface area contributed by atoms with E-state index in [0.717, 1.165) is 24.8 Å². The molecule has 0 N–H and O–H groups in total. The highest BCUT2D eigenvalue weighted by atomic mass is 19.1. The largest absolute Gasteiger partial charge is 0.465 e. The van der Waals surface area contributed by atoms with Crippen LogP contribution in [-0.4, -0.2) is 25.1 Å². The van der Waals surface area contributed by atoms with Crippen molar-refractivity contribution in [2.45, 2.75) is 6.54 Å². The molecule has 23 heavy (non-hydrogen) atoms. The first-order valence-electron chi connectivity index (χ1n) is 6.75. The van der Waals surface area contributed by atoms with Crippen molar-refractivity contribution >= 4 is 17.3 Å². The molecule has 0 bridgehead atoms. The minimum absolute atomic E-state index is 0.0132. The van der Waals surface area contributed by atoms with E-state index >= 15 is 0 Å². The molecule has 0 saturated heterocycles. The average Bonchev–Trinajstić information content (AvgIpc) is 2.53. The predicted molar refractivity (Wildman–Crippen MR) is 82.9 cm³/mol. The molecular formula is C16H15FN2O4. The molecule has 2 rings (SSSR count). The summed E-state index contributed by atoms with van der Waals surface area (Å²) in [6, 6.07) is 11.1. The summed E-state index contributed by atoms with van der Waals surface area (Å²) in [7, 11) is 2.68. The molecule has 0 saturated carbocycles. The number of nitro groups is 1. The maximum atomic E-state index is 13.8. The molecule has 6 nitrogen and oxygen atoms in total. The molecule has 2 aromatic rings. The van der Waals surface area contributed by atoms with E-state index in [0.29, 0.717) is 6.54 Å². The summed E-state index contributed by atoms with van der Waals surface area (Å²) in [6.45, 7) is 0.325. The Hall–Kier alpha value is -2.96. The lowest BCUT2D eigenvalue weighted by Crippen LogP contribution is -2.19. The molecule has 0 aliphatic carbocycles. The highest BCUT2D eigenvalue weighted by Crippen LogP contribution is 2.33. The minimum Gasteiger partial charge on any atom is -0.465 e. The Morgan fingerprint density at radius 3 is 2.52 bits per heavy atom. The smallest absolute Gasteiger partial charge is 0.345 e. The van der Waals surface area contributed by atoms with Gasteiger partial charge in [-0.3, -0.25) is 10.1 Å². The molecule has 120 valence electrons. The molecule has 0 unspecified atom stereocenters. The van der Waals surface area contributed by atoms with Gasteiger partial charge in [0.1, 0.15) is 17.1 Å². The number of hydrogen-bond donors (Lipinski definition) is 0. The third kappa shape index (κ3) is 3.63. The Kier molecular flexibility index (Phi) is 4.90. The number of ether oxygens (including phenoxy) is 1. The van der Waals surface area contributed by atoms with Crippen molar-refractivity contribution in [1.82, 2.24) is 0 Å². The van der Waals surface area contributed by atoms with Crippen LogP contribution < -0.4 is 4.90 Å². The van der Waals surface area contributed by atoms with Crippen molar-refractivity contribution in [2.75, 3.05) is 19.1 Å². The quantitative estimate of drug-likeness (QED) is 0.481. The molecule has 2 aromatic carbocycles. The maximum absolute atomic E-state index is 13.8. The second-order valence-corrected chi connectivity index (χ2v) is 4.91. The van der Waals surface area contributed by atoms with Crippen molar-refractivity contribution in [3.8, 4) is 0 Å². The summed E-state index contributed by atoms with van der Waals surface area (Å²) in [4.78, 5) is 23.9. The Morgan fingerprint density at radius 1 is 1.30 bits per heavy atom. The third-order valence-corrected chi connectivity index (χ3v) is 3.32. The van der Waals surface area contributed by atoms with Crippen LogP contribution >= 0.6 is 0 Å². The second kappa shape index (κ2) is 6.87. The van der Waals surface area contributed by atoms with Gasteiger partial charge in [0.25, 0.3) is 0 Å². The van der Waals surface area contributed by atoms with Gasteiger partial charge in [-0.2, -0.15) is 0 Å². The normalized spacial score (nSPS) is 10.2. The molecule has 0 aliphatic rings. The average molecular weight is 318 g/mol. The van der Waals surface area contributed by atoms with Gasteiger partial charge in [-0.1, -0.05) is 30.3 Å². The third-order valence-electron chi connectivity index (χ3n) is 3.32. The van der Waals surface area contributed by atoms with Gasteiger partial charge in [0, 0.05) is 19.7 Å². The zero-order valence-corrected chi connectivity index (χ0v) is 12.7. The molecule has 0 atom stereocenters. The van der Waals surface area contributed by atoms with E-state index in [1.807, 2.05) is 30.3 Å². The van der Waals surface area contributed by atoms with Crippen LogP contribution in [0.4, 0.5) is 15.8 Å². The summed E-state index contributed by atoms with van der Waals surface area (Å²) in [5.41, 5.74) is 0.0246. The highest BCUT2D eigenvalue weighted by Gasteiger charge is 2.28. The van der Waals surface area contributed by atoms with Gasteiger partial charge in [0.05, 0.1) is 12.0 Å². The van der Waals surface area contributed by atoms with Gasteiger partial charge >= 0.3 is 11.7 Å². The van der Waals surface area contributed by atoms with Crippen LogP contribution in [0.3, 0.4) is 0 Å². The number of nitrogens with zero attached hydrogens (tertiary/aromatic N) is 2. The van der Waals surface area contributed by atoms with E-state index < -0.39 is 28.0 Å². The Bertz CT molecular complexity index is 734. The van der Waals surface area contributed by atoms with Crippen LogP contribution in [0, 0.1) is 15.9 Å². The molecule has 0 amide bonds. The highest BCUT2D eigenvalue weighted by molar-refractivity contribution is 5.96. The lowest BCUT2D eigenvalue weighted by Gasteiger charge is -2.20. The summed E-state index contributed by atoms with van der Waals surface area (Å²) < 4.78 is 18.3. The fraction of sp³-hybridized carbons (Fsp3) is 0.188. The molecule has 0 heterocycles. The number of anilines is 1. The molecule has 0 aliphatic heterocycles. The van der Waals surface area contributed by atoms with Crippen LogP contribution in [0.1, 0.15) is 15.9 Å². The summed E-state index contributed by atoms with van der Waals surface area (Å²) in [5.74, 6) is -1.70. The van der Waals surface area contributed by atoms with E-state index in [-0.39, 0.29) is 5.69 Å². The van der Waals surface area contributed by atoms with E-state index in [1.54, 1.807) is 7.05 Å². The fourth-order valence-electron chi connectivity index (χ4n) is 2.28. The van der Waals surface area contributed by atoms with Crippen molar-refractivity contribution in [1.29, 1.82) is 0 Å². The minimum atomic E-state index is -0.953. The first kappa shape index (κ1) is 16.4. The van der Waals surface area contributed by atoms with Gasteiger partial charge in [-0.15, -0.1) is 0 Å².